The van der Waals surface area contributed by atoms with Crippen LogP contribution >= 0.6 is 0 Å². The van der Waals surface area contributed by atoms with Gasteiger partial charge in [-0.1, -0.05) is 0 Å². The predicted molar refractivity (Wildman–Crippen MR) is 40.8 cm³/mol. The molecule has 0 fully saturated rings. The Labute approximate surface area is 70.0 Å². The number of carbonyl (C=O) groups is 1. The number of rotatable bonds is 5. The molecule has 0 unspecified atom stereocenters. The van der Waals surface area contributed by atoms with E-state index in [4.69, 9.17) is 4.74 Å². The van der Waals surface area contributed by atoms with Gasteiger partial charge in [-0.2, -0.15) is 0 Å². The first-order chi connectivity index (χ1) is 5.52. The first-order valence-electron chi connectivity index (χ1n) is 3.59. The Bertz CT molecular complexity index is 169. The van der Waals surface area contributed by atoms with Crippen molar-refractivity contribution in [1.29, 1.82) is 0 Å². The van der Waals surface area contributed by atoms with Crippen molar-refractivity contribution in [2.45, 2.75) is 26.4 Å². The van der Waals surface area contributed by atoms with E-state index in [1.54, 1.807) is 13.8 Å². The van der Waals surface area contributed by atoms with Crippen molar-refractivity contribution in [1.82, 2.24) is 5.43 Å². The Balaban J connectivity index is 3.38. The molecular weight excluding hydrogens is 164 g/mol. The quantitative estimate of drug-likeness (QED) is 0.365. The van der Waals surface area contributed by atoms with Gasteiger partial charge in [-0.15, -0.1) is 5.43 Å². The molecule has 0 aliphatic rings. The standard InChI is InChI=1S/C6H12N2O4/c1-5(2)12-6(9)3-4-7-8(10)11/h5,7H,3-4H2,1-2H3. The summed E-state index contributed by atoms with van der Waals surface area (Å²) in [5, 5.41) is 9.05. The van der Waals surface area contributed by atoms with Crippen LogP contribution in [0.15, 0.2) is 0 Å². The lowest BCUT2D eigenvalue weighted by Gasteiger charge is -2.06. The number of nitro groups is 1. The van der Waals surface area contributed by atoms with E-state index in [2.05, 4.69) is 0 Å². The lowest BCUT2D eigenvalue weighted by atomic mass is 10.4. The van der Waals surface area contributed by atoms with E-state index in [0.717, 1.165) is 0 Å². The molecule has 0 spiro atoms. The molecule has 0 rings (SSSR count). The molecule has 6 heteroatoms. The molecule has 0 saturated heterocycles. The molecule has 0 aliphatic carbocycles. The van der Waals surface area contributed by atoms with Crippen LogP contribution in [0, 0.1) is 10.1 Å². The van der Waals surface area contributed by atoms with Crippen LogP contribution in [-0.2, 0) is 9.53 Å². The zero-order chi connectivity index (χ0) is 9.56. The molecule has 0 aromatic heterocycles. The molecule has 0 radical (unpaired) electrons. The summed E-state index contributed by atoms with van der Waals surface area (Å²) in [7, 11) is 0. The average Bonchev–Trinajstić information content (AvgIpc) is 1.84. The molecule has 0 aromatic carbocycles. The van der Waals surface area contributed by atoms with Crippen molar-refractivity contribution in [3.63, 3.8) is 0 Å². The molecule has 0 atom stereocenters. The van der Waals surface area contributed by atoms with Crippen LogP contribution in [0.4, 0.5) is 0 Å². The minimum Gasteiger partial charge on any atom is -0.463 e. The van der Waals surface area contributed by atoms with Gasteiger partial charge in [-0.3, -0.25) is 4.79 Å². The lowest BCUT2D eigenvalue weighted by molar-refractivity contribution is -0.543. The van der Waals surface area contributed by atoms with Crippen LogP contribution in [0.1, 0.15) is 20.3 Å². The van der Waals surface area contributed by atoms with Gasteiger partial charge in [-0.05, 0) is 13.8 Å². The van der Waals surface area contributed by atoms with Gasteiger partial charge >= 0.3 is 5.97 Å². The Morgan fingerprint density at radius 2 is 2.25 bits per heavy atom. The molecule has 12 heavy (non-hydrogen) atoms. The maximum atomic E-state index is 10.8. The lowest BCUT2D eigenvalue weighted by Crippen LogP contribution is -2.25. The monoisotopic (exact) mass is 176 g/mol. The normalized spacial score (nSPS) is 9.58. The van der Waals surface area contributed by atoms with Crippen LogP contribution in [-0.4, -0.2) is 23.7 Å². The predicted octanol–water partition coefficient (Wildman–Crippen LogP) is 0.109. The van der Waals surface area contributed by atoms with Crippen LogP contribution in [0.5, 0.6) is 0 Å². The zero-order valence-electron chi connectivity index (χ0n) is 7.07. The Morgan fingerprint density at radius 1 is 1.67 bits per heavy atom. The molecule has 0 saturated carbocycles. The van der Waals surface area contributed by atoms with Crippen molar-refractivity contribution in [2.24, 2.45) is 0 Å². The molecule has 0 heterocycles. The van der Waals surface area contributed by atoms with Crippen molar-refractivity contribution in [3.05, 3.63) is 10.1 Å². The van der Waals surface area contributed by atoms with Crippen LogP contribution in [0.25, 0.3) is 0 Å². The third-order valence-corrected chi connectivity index (χ3v) is 0.937. The van der Waals surface area contributed by atoms with E-state index in [9.17, 15) is 14.9 Å². The Morgan fingerprint density at radius 3 is 2.67 bits per heavy atom. The van der Waals surface area contributed by atoms with Crippen molar-refractivity contribution < 1.29 is 14.6 Å². The second-order valence-electron chi connectivity index (χ2n) is 2.45. The van der Waals surface area contributed by atoms with Crippen molar-refractivity contribution in [2.75, 3.05) is 6.54 Å². The first-order valence-corrected chi connectivity index (χ1v) is 3.59. The van der Waals surface area contributed by atoms with Gasteiger partial charge in [0.2, 0.25) is 0 Å². The van der Waals surface area contributed by atoms with Gasteiger partial charge < -0.3 is 4.74 Å². The van der Waals surface area contributed by atoms with E-state index in [1.165, 1.54) is 0 Å². The fraction of sp³-hybridized carbons (Fsp3) is 0.833. The highest BCUT2D eigenvalue weighted by Gasteiger charge is 2.05. The minimum atomic E-state index is -0.692. The SMILES string of the molecule is CC(C)OC(=O)CCN[N+](=O)[O-]. The number of hydrogen-bond acceptors (Lipinski definition) is 4. The summed E-state index contributed by atoms with van der Waals surface area (Å²) in [6, 6.07) is 0. The molecule has 0 amide bonds. The zero-order valence-corrected chi connectivity index (χ0v) is 7.07. The second kappa shape index (κ2) is 5.34. The summed E-state index contributed by atoms with van der Waals surface area (Å²) in [6.45, 7) is 3.44. The number of hydrogen-bond donors (Lipinski definition) is 1. The highest BCUT2D eigenvalue weighted by atomic mass is 16.7. The van der Waals surface area contributed by atoms with Crippen LogP contribution in [0.3, 0.4) is 0 Å². The van der Waals surface area contributed by atoms with E-state index in [0.29, 0.717) is 0 Å². The number of nitrogens with one attached hydrogen (secondary N) is 1. The fourth-order valence-electron chi connectivity index (χ4n) is 0.571. The average molecular weight is 176 g/mol. The Kier molecular flexibility index (Phi) is 4.75. The van der Waals surface area contributed by atoms with E-state index < -0.39 is 11.0 Å². The third-order valence-electron chi connectivity index (χ3n) is 0.937. The second-order valence-corrected chi connectivity index (χ2v) is 2.45. The van der Waals surface area contributed by atoms with Crippen LogP contribution in [0.2, 0.25) is 0 Å². The van der Waals surface area contributed by atoms with Crippen LogP contribution < -0.4 is 5.43 Å². The smallest absolute Gasteiger partial charge is 0.308 e. The summed E-state index contributed by atoms with van der Waals surface area (Å²) in [5.74, 6) is -0.431. The highest BCUT2D eigenvalue weighted by Crippen LogP contribution is 1.91. The molecule has 1 N–H and O–H groups in total. The van der Waals surface area contributed by atoms with E-state index in [-0.39, 0.29) is 19.1 Å². The largest absolute Gasteiger partial charge is 0.463 e. The number of carbonyl (C=O) groups excluding carboxylic acids is 1. The maximum Gasteiger partial charge on any atom is 0.308 e. The van der Waals surface area contributed by atoms with Crippen molar-refractivity contribution in [3.8, 4) is 0 Å². The fourth-order valence-corrected chi connectivity index (χ4v) is 0.571. The van der Waals surface area contributed by atoms with E-state index in [1.807, 2.05) is 5.43 Å². The summed E-state index contributed by atoms with van der Waals surface area (Å²) < 4.78 is 4.73. The highest BCUT2D eigenvalue weighted by molar-refractivity contribution is 5.69. The summed E-state index contributed by atoms with van der Waals surface area (Å²) in [4.78, 5) is 20.5. The molecular formula is C6H12N2O4. The number of nitrogens with zero attached hydrogens (tertiary/aromatic N) is 1. The minimum absolute atomic E-state index is 0.00144. The molecule has 0 aliphatic heterocycles. The summed E-state index contributed by atoms with van der Waals surface area (Å²) >= 11 is 0. The summed E-state index contributed by atoms with van der Waals surface area (Å²) in [6.07, 6.45) is -0.160. The van der Waals surface area contributed by atoms with Gasteiger partial charge in [0.05, 0.1) is 19.1 Å². The molecule has 0 aromatic rings. The van der Waals surface area contributed by atoms with Gasteiger partial charge in [0.1, 0.15) is 0 Å². The third kappa shape index (κ3) is 6.79. The first kappa shape index (κ1) is 10.7. The maximum absolute atomic E-state index is 10.8. The molecule has 0 bridgehead atoms. The van der Waals surface area contributed by atoms with Gasteiger partial charge in [0.15, 0.2) is 5.03 Å². The Hall–Kier alpha value is -1.33. The molecule has 70 valence electrons. The number of esters is 1. The number of hydrazine groups is 1. The van der Waals surface area contributed by atoms with Gasteiger partial charge in [0, 0.05) is 0 Å². The van der Waals surface area contributed by atoms with Gasteiger partial charge in [-0.25, -0.2) is 10.1 Å². The number of ether oxygens (including phenoxy) is 1. The molecule has 6 nitrogen and oxygen atoms in total. The van der Waals surface area contributed by atoms with E-state index >= 15 is 0 Å². The van der Waals surface area contributed by atoms with Crippen molar-refractivity contribution >= 4 is 5.97 Å². The summed E-state index contributed by atoms with van der Waals surface area (Å²) in [5.41, 5.74) is 1.87. The topological polar surface area (TPSA) is 81.5 Å². The van der Waals surface area contributed by atoms with Gasteiger partial charge in [0.25, 0.3) is 0 Å².